The lowest BCUT2D eigenvalue weighted by Crippen LogP contribution is -2.46. The summed E-state index contributed by atoms with van der Waals surface area (Å²) < 4.78 is 64.2. The number of fused-ring (bicyclic) bond motifs is 3. The zero-order valence-electron chi connectivity index (χ0n) is 18.3. The lowest BCUT2D eigenvalue weighted by molar-refractivity contribution is 0.209. The van der Waals surface area contributed by atoms with Crippen LogP contribution >= 0.6 is 0 Å². The predicted octanol–water partition coefficient (Wildman–Crippen LogP) is 3.96. The molecule has 1 saturated carbocycles. The number of halogens is 2. The number of nitrogens with one attached hydrogen (secondary N) is 3. The van der Waals surface area contributed by atoms with Crippen molar-refractivity contribution < 1.29 is 31.5 Å². The summed E-state index contributed by atoms with van der Waals surface area (Å²) in [6.45, 7) is 0.0389. The van der Waals surface area contributed by atoms with Gasteiger partial charge in [-0.15, -0.1) is 0 Å². The molecule has 2 amide bonds. The van der Waals surface area contributed by atoms with Gasteiger partial charge in [0.15, 0.2) is 11.6 Å². The Bertz CT molecular complexity index is 1400. The van der Waals surface area contributed by atoms with Crippen molar-refractivity contribution in [1.29, 1.82) is 0 Å². The highest BCUT2D eigenvalue weighted by Gasteiger charge is 2.61. The Kier molecular flexibility index (Phi) is 5.47. The number of anilines is 2. The van der Waals surface area contributed by atoms with Gasteiger partial charge >= 0.3 is 6.03 Å². The average molecular weight is 502 g/mol. The Morgan fingerprint density at radius 3 is 2.49 bits per heavy atom. The Hall–Kier alpha value is -3.93. The predicted molar refractivity (Wildman–Crippen MR) is 123 cm³/mol. The van der Waals surface area contributed by atoms with Crippen LogP contribution in [0.1, 0.15) is 17.9 Å². The van der Waals surface area contributed by atoms with Gasteiger partial charge in [0, 0.05) is 17.2 Å². The van der Waals surface area contributed by atoms with Gasteiger partial charge < -0.3 is 14.8 Å². The number of benzene rings is 2. The number of pyridine rings is 1. The largest absolute Gasteiger partial charge is 0.488 e. The summed E-state index contributed by atoms with van der Waals surface area (Å²) in [4.78, 5) is 16.7. The Morgan fingerprint density at radius 1 is 1.09 bits per heavy atom. The third-order valence-electron chi connectivity index (χ3n) is 5.73. The number of sulfonamides is 1. The van der Waals surface area contributed by atoms with Crippen LogP contribution in [-0.2, 0) is 10.0 Å². The van der Waals surface area contributed by atoms with Gasteiger partial charge in [-0.25, -0.2) is 27.0 Å². The molecule has 0 saturated heterocycles. The quantitative estimate of drug-likeness (QED) is 0.470. The number of rotatable bonds is 6. The number of hydrogen-bond donors (Lipinski definition) is 3. The molecule has 2 aliphatic rings. The topological polar surface area (TPSA) is 119 Å². The number of hydrogen-bond acceptors (Lipinski definition) is 6. The lowest BCUT2D eigenvalue weighted by atomic mass is 10.0. The van der Waals surface area contributed by atoms with E-state index in [0.717, 1.165) is 18.4 Å². The minimum atomic E-state index is -3.37. The molecule has 1 fully saturated rings. The number of carbonyl (C=O) groups excluding carboxylic acids is 1. The van der Waals surface area contributed by atoms with Gasteiger partial charge in [0.05, 0.1) is 18.0 Å². The van der Waals surface area contributed by atoms with Crippen LogP contribution in [0.5, 0.6) is 17.2 Å². The third-order valence-corrected chi connectivity index (χ3v) is 6.33. The van der Waals surface area contributed by atoms with Gasteiger partial charge in [0.2, 0.25) is 10.0 Å². The zero-order chi connectivity index (χ0) is 24.8. The molecule has 1 aromatic heterocycles. The molecule has 3 N–H and O–H groups in total. The summed E-state index contributed by atoms with van der Waals surface area (Å²) in [7, 11) is -3.37. The summed E-state index contributed by atoms with van der Waals surface area (Å²) in [5.74, 6) is -0.530. The molecule has 182 valence electrons. The molecule has 9 nitrogen and oxygen atoms in total. The van der Waals surface area contributed by atoms with Crippen molar-refractivity contribution in [1.82, 2.24) is 10.3 Å². The monoisotopic (exact) mass is 502 g/mol. The number of carbonyl (C=O) groups is 1. The highest BCUT2D eigenvalue weighted by Crippen LogP contribution is 2.58. The molecule has 1 aliphatic carbocycles. The first-order valence-corrected chi connectivity index (χ1v) is 12.4. The third kappa shape index (κ3) is 4.83. The molecule has 0 spiro atoms. The maximum Gasteiger partial charge on any atom is 0.320 e. The zero-order valence-corrected chi connectivity index (χ0v) is 19.2. The number of urea groups is 1. The van der Waals surface area contributed by atoms with E-state index in [-0.39, 0.29) is 29.7 Å². The van der Waals surface area contributed by atoms with Crippen LogP contribution < -0.4 is 24.8 Å². The molecule has 2 aromatic carbocycles. The summed E-state index contributed by atoms with van der Waals surface area (Å²) in [6.07, 6.45) is 2.91. The van der Waals surface area contributed by atoms with Crippen LogP contribution in [0.25, 0.3) is 0 Å². The standard InChI is InChI=1S/C23H20F2N4O5S/c1-35(31,32)29-13-2-4-14(5-3-13)34-15-6-9-19(26-11-15)27-22(30)28-23-10-16(23)20-17(24)7-8-18(25)21(20)33-12-23/h2-9,11,16,29H,10,12H2,1H3,(H2,26,27,28,30). The molecular weight excluding hydrogens is 482 g/mol. The van der Waals surface area contributed by atoms with Crippen LogP contribution in [0.15, 0.2) is 54.7 Å². The van der Waals surface area contributed by atoms with E-state index in [9.17, 15) is 22.0 Å². The highest BCUT2D eigenvalue weighted by molar-refractivity contribution is 7.92. The molecule has 2 heterocycles. The van der Waals surface area contributed by atoms with Crippen LogP contribution in [0, 0.1) is 11.6 Å². The molecule has 35 heavy (non-hydrogen) atoms. The van der Waals surface area contributed by atoms with E-state index in [2.05, 4.69) is 20.3 Å². The first-order chi connectivity index (χ1) is 16.6. The normalized spacial score (nSPS) is 20.0. The van der Waals surface area contributed by atoms with Gasteiger partial charge in [-0.3, -0.25) is 10.0 Å². The maximum absolute atomic E-state index is 14.2. The summed E-state index contributed by atoms with van der Waals surface area (Å²) in [5, 5.41) is 5.40. The first kappa shape index (κ1) is 22.8. The maximum atomic E-state index is 14.2. The molecule has 2 atom stereocenters. The molecule has 2 unspecified atom stereocenters. The molecule has 3 aromatic rings. The molecule has 1 aliphatic heterocycles. The van der Waals surface area contributed by atoms with Gasteiger partial charge in [0.25, 0.3) is 0 Å². The van der Waals surface area contributed by atoms with Crippen LogP contribution in [-0.4, -0.2) is 37.8 Å². The second-order valence-electron chi connectivity index (χ2n) is 8.43. The number of amides is 2. The average Bonchev–Trinajstić information content (AvgIpc) is 3.51. The highest BCUT2D eigenvalue weighted by atomic mass is 32.2. The first-order valence-electron chi connectivity index (χ1n) is 10.5. The summed E-state index contributed by atoms with van der Waals surface area (Å²) in [5.41, 5.74) is -0.246. The fraction of sp³-hybridized carbons (Fsp3) is 0.217. The van der Waals surface area contributed by atoms with Gasteiger partial charge in [-0.1, -0.05) is 0 Å². The fourth-order valence-corrected chi connectivity index (χ4v) is 4.63. The Balaban J connectivity index is 1.18. The van der Waals surface area contributed by atoms with E-state index in [0.29, 0.717) is 23.6 Å². The second kappa shape index (κ2) is 8.38. The Labute approximate surface area is 199 Å². The van der Waals surface area contributed by atoms with E-state index in [1.54, 1.807) is 30.3 Å². The minimum absolute atomic E-state index is 0.0389. The lowest BCUT2D eigenvalue weighted by Gasteiger charge is -2.26. The van der Waals surface area contributed by atoms with Crippen LogP contribution in [0.2, 0.25) is 0 Å². The fourth-order valence-electron chi connectivity index (χ4n) is 4.07. The van der Waals surface area contributed by atoms with E-state index in [1.165, 1.54) is 12.3 Å². The van der Waals surface area contributed by atoms with Crippen molar-refractivity contribution in [2.45, 2.75) is 17.9 Å². The molecule has 0 bridgehead atoms. The number of ether oxygens (including phenoxy) is 2. The van der Waals surface area contributed by atoms with E-state index >= 15 is 0 Å². The summed E-state index contributed by atoms with van der Waals surface area (Å²) >= 11 is 0. The van der Waals surface area contributed by atoms with Crippen molar-refractivity contribution in [3.63, 3.8) is 0 Å². The van der Waals surface area contributed by atoms with Crippen LogP contribution in [0.4, 0.5) is 25.1 Å². The van der Waals surface area contributed by atoms with Crippen molar-refractivity contribution in [3.05, 3.63) is 71.9 Å². The molecular formula is C23H20F2N4O5S. The molecule has 0 radical (unpaired) electrons. The van der Waals surface area contributed by atoms with E-state index in [1.807, 2.05) is 0 Å². The minimum Gasteiger partial charge on any atom is -0.488 e. The summed E-state index contributed by atoms with van der Waals surface area (Å²) in [6, 6.07) is 11.0. The number of aromatic nitrogens is 1. The SMILES string of the molecule is CS(=O)(=O)Nc1ccc(Oc2ccc(NC(=O)NC34COc5c(F)ccc(F)c5C3C4)nc2)cc1. The van der Waals surface area contributed by atoms with Crippen molar-refractivity contribution >= 4 is 27.6 Å². The van der Waals surface area contributed by atoms with Crippen LogP contribution in [0.3, 0.4) is 0 Å². The number of nitrogens with zero attached hydrogens (tertiary/aromatic N) is 1. The van der Waals surface area contributed by atoms with Crippen molar-refractivity contribution in [2.24, 2.45) is 0 Å². The molecule has 12 heteroatoms. The van der Waals surface area contributed by atoms with E-state index < -0.39 is 33.2 Å². The van der Waals surface area contributed by atoms with E-state index in [4.69, 9.17) is 9.47 Å². The molecule has 5 rings (SSSR count). The van der Waals surface area contributed by atoms with Gasteiger partial charge in [0.1, 0.15) is 29.7 Å². The van der Waals surface area contributed by atoms with Crippen molar-refractivity contribution in [2.75, 3.05) is 22.9 Å². The van der Waals surface area contributed by atoms with Gasteiger partial charge in [-0.05, 0) is 55.0 Å². The van der Waals surface area contributed by atoms with Crippen molar-refractivity contribution in [3.8, 4) is 17.2 Å². The second-order valence-corrected chi connectivity index (χ2v) is 10.2. The smallest absolute Gasteiger partial charge is 0.320 e. The Morgan fingerprint density at radius 2 is 1.80 bits per heavy atom. The van der Waals surface area contributed by atoms with Gasteiger partial charge in [-0.2, -0.15) is 0 Å².